The van der Waals surface area contributed by atoms with Gasteiger partial charge in [-0.05, 0) is 49.8 Å². The average molecular weight is 324 g/mol. The zero-order valence-corrected chi connectivity index (χ0v) is 13.7. The van der Waals surface area contributed by atoms with Crippen molar-refractivity contribution in [3.63, 3.8) is 0 Å². The molecule has 0 bridgehead atoms. The van der Waals surface area contributed by atoms with E-state index < -0.39 is 0 Å². The number of anilines is 1. The number of carbonyl (C=O) groups is 1. The smallest absolute Gasteiger partial charge is 0.274 e. The minimum Gasteiger partial charge on any atom is -0.506 e. The lowest BCUT2D eigenvalue weighted by atomic mass is 10.2. The molecule has 6 nitrogen and oxygen atoms in total. The Kier molecular flexibility index (Phi) is 4.48. The Hall–Kier alpha value is -2.86. The molecule has 0 saturated carbocycles. The van der Waals surface area contributed by atoms with E-state index in [0.717, 1.165) is 24.0 Å². The second-order valence-corrected chi connectivity index (χ2v) is 5.94. The lowest BCUT2D eigenvalue weighted by molar-refractivity contribution is 0.102. The highest BCUT2D eigenvalue weighted by atomic mass is 16.3. The number of pyridine rings is 1. The molecule has 0 aliphatic heterocycles. The van der Waals surface area contributed by atoms with Crippen LogP contribution in [0.2, 0.25) is 0 Å². The maximum atomic E-state index is 12.2. The number of aromatic hydroxyl groups is 1. The summed E-state index contributed by atoms with van der Waals surface area (Å²) in [5, 5.41) is 13.2. The van der Waals surface area contributed by atoms with Crippen LogP contribution in [0.1, 0.15) is 10.5 Å². The summed E-state index contributed by atoms with van der Waals surface area (Å²) in [6.45, 7) is 1.82. The van der Waals surface area contributed by atoms with Crippen LogP contribution in [0.25, 0.3) is 10.9 Å². The first kappa shape index (κ1) is 16.0. The fourth-order valence-electron chi connectivity index (χ4n) is 2.48. The van der Waals surface area contributed by atoms with Gasteiger partial charge in [0, 0.05) is 25.0 Å². The molecule has 3 rings (SSSR count). The summed E-state index contributed by atoms with van der Waals surface area (Å²) in [7, 11) is 4.09. The van der Waals surface area contributed by atoms with Gasteiger partial charge in [0.2, 0.25) is 0 Å². The molecule has 0 atom stereocenters. The topological polar surface area (TPSA) is 70.4 Å². The number of aromatic nitrogens is 2. The van der Waals surface area contributed by atoms with Crippen LogP contribution < -0.4 is 5.32 Å². The van der Waals surface area contributed by atoms with Crippen LogP contribution in [-0.4, -0.2) is 46.1 Å². The molecule has 2 heterocycles. The van der Waals surface area contributed by atoms with E-state index in [4.69, 9.17) is 0 Å². The van der Waals surface area contributed by atoms with Crippen LogP contribution in [-0.2, 0) is 6.54 Å². The normalized spacial score (nSPS) is 11.1. The maximum absolute atomic E-state index is 12.2. The lowest BCUT2D eigenvalue weighted by Gasteiger charge is -2.12. The van der Waals surface area contributed by atoms with Crippen molar-refractivity contribution in [1.82, 2.24) is 14.5 Å². The number of fused-ring (bicyclic) bond motifs is 1. The van der Waals surface area contributed by atoms with Gasteiger partial charge in [0.05, 0.1) is 11.7 Å². The molecule has 1 amide bonds. The number of rotatable bonds is 5. The predicted octanol–water partition coefficient (Wildman–Crippen LogP) is 2.56. The SMILES string of the molecule is CN(C)CCn1ccc2ccc(NC(=O)c3ccc(O)cn3)cc21. The second kappa shape index (κ2) is 6.72. The van der Waals surface area contributed by atoms with Gasteiger partial charge in [-0.3, -0.25) is 4.79 Å². The van der Waals surface area contributed by atoms with Crippen LogP contribution in [0, 0.1) is 0 Å². The van der Waals surface area contributed by atoms with Gasteiger partial charge in [-0.25, -0.2) is 4.98 Å². The van der Waals surface area contributed by atoms with Gasteiger partial charge in [0.15, 0.2) is 0 Å². The average Bonchev–Trinajstić information content (AvgIpc) is 2.96. The fraction of sp³-hybridized carbons (Fsp3) is 0.222. The van der Waals surface area contributed by atoms with E-state index in [2.05, 4.69) is 32.0 Å². The first-order valence-electron chi connectivity index (χ1n) is 7.73. The number of nitrogens with zero attached hydrogens (tertiary/aromatic N) is 3. The van der Waals surface area contributed by atoms with E-state index in [1.807, 2.05) is 32.3 Å². The number of amides is 1. The molecule has 0 radical (unpaired) electrons. The first-order chi connectivity index (χ1) is 11.5. The highest BCUT2D eigenvalue weighted by molar-refractivity contribution is 6.03. The quantitative estimate of drug-likeness (QED) is 0.757. The Morgan fingerprint density at radius 3 is 2.79 bits per heavy atom. The van der Waals surface area contributed by atoms with Crippen molar-refractivity contribution in [2.75, 3.05) is 26.0 Å². The Morgan fingerprint density at radius 2 is 2.08 bits per heavy atom. The van der Waals surface area contributed by atoms with Crippen molar-refractivity contribution in [2.45, 2.75) is 6.54 Å². The summed E-state index contributed by atoms with van der Waals surface area (Å²) >= 11 is 0. The summed E-state index contributed by atoms with van der Waals surface area (Å²) in [5.74, 6) is -0.271. The van der Waals surface area contributed by atoms with Gasteiger partial charge in [0.25, 0.3) is 5.91 Å². The molecule has 2 aromatic heterocycles. The molecular weight excluding hydrogens is 304 g/mol. The molecule has 0 spiro atoms. The summed E-state index contributed by atoms with van der Waals surface area (Å²) in [6.07, 6.45) is 3.31. The summed E-state index contributed by atoms with van der Waals surface area (Å²) in [5.41, 5.74) is 2.05. The van der Waals surface area contributed by atoms with E-state index >= 15 is 0 Å². The largest absolute Gasteiger partial charge is 0.506 e. The summed E-state index contributed by atoms with van der Waals surface area (Å²) < 4.78 is 2.17. The third-order valence-electron chi connectivity index (χ3n) is 3.80. The van der Waals surface area contributed by atoms with E-state index in [-0.39, 0.29) is 17.4 Å². The highest BCUT2D eigenvalue weighted by Crippen LogP contribution is 2.21. The molecule has 0 aliphatic rings. The molecule has 24 heavy (non-hydrogen) atoms. The number of hydrogen-bond acceptors (Lipinski definition) is 4. The van der Waals surface area contributed by atoms with Crippen molar-refractivity contribution >= 4 is 22.5 Å². The van der Waals surface area contributed by atoms with E-state index in [0.29, 0.717) is 5.69 Å². The minimum absolute atomic E-state index is 0.0340. The molecule has 124 valence electrons. The van der Waals surface area contributed by atoms with Crippen LogP contribution in [0.3, 0.4) is 0 Å². The molecule has 1 aromatic carbocycles. The van der Waals surface area contributed by atoms with Crippen molar-refractivity contribution < 1.29 is 9.90 Å². The van der Waals surface area contributed by atoms with E-state index in [1.165, 1.54) is 18.3 Å². The standard InChI is InChI=1S/C18H20N4O2/c1-21(2)9-10-22-8-7-13-3-4-14(11-17(13)22)20-18(24)16-6-5-15(23)12-19-16/h3-8,11-12,23H,9-10H2,1-2H3,(H,20,24). The molecule has 6 heteroatoms. The minimum atomic E-state index is -0.305. The Balaban J connectivity index is 1.80. The van der Waals surface area contributed by atoms with Gasteiger partial charge in [0.1, 0.15) is 11.4 Å². The number of carbonyl (C=O) groups excluding carboxylic acids is 1. The van der Waals surface area contributed by atoms with E-state index in [9.17, 15) is 9.90 Å². The van der Waals surface area contributed by atoms with Crippen LogP contribution in [0.15, 0.2) is 48.8 Å². The van der Waals surface area contributed by atoms with Crippen LogP contribution in [0.5, 0.6) is 5.75 Å². The number of benzene rings is 1. The third kappa shape index (κ3) is 3.55. The van der Waals surface area contributed by atoms with Crippen molar-refractivity contribution in [1.29, 1.82) is 0 Å². The third-order valence-corrected chi connectivity index (χ3v) is 3.80. The van der Waals surface area contributed by atoms with E-state index in [1.54, 1.807) is 0 Å². The molecule has 3 aromatic rings. The summed E-state index contributed by atoms with van der Waals surface area (Å²) in [6, 6.07) is 10.8. The Labute approximate surface area is 140 Å². The number of hydrogen-bond donors (Lipinski definition) is 2. The fourth-order valence-corrected chi connectivity index (χ4v) is 2.48. The van der Waals surface area contributed by atoms with Crippen molar-refractivity contribution in [3.8, 4) is 5.75 Å². The van der Waals surface area contributed by atoms with Gasteiger partial charge in [-0.2, -0.15) is 0 Å². The highest BCUT2D eigenvalue weighted by Gasteiger charge is 2.09. The van der Waals surface area contributed by atoms with Gasteiger partial charge < -0.3 is 19.9 Å². The zero-order valence-electron chi connectivity index (χ0n) is 13.7. The lowest BCUT2D eigenvalue weighted by Crippen LogP contribution is -2.18. The molecule has 0 unspecified atom stereocenters. The number of likely N-dealkylation sites (N-methyl/N-ethyl adjacent to an activating group) is 1. The Bertz CT molecular complexity index is 853. The molecule has 2 N–H and O–H groups in total. The number of nitrogens with one attached hydrogen (secondary N) is 1. The Morgan fingerprint density at radius 1 is 1.25 bits per heavy atom. The monoisotopic (exact) mass is 324 g/mol. The van der Waals surface area contributed by atoms with Gasteiger partial charge >= 0.3 is 0 Å². The van der Waals surface area contributed by atoms with Gasteiger partial charge in [-0.15, -0.1) is 0 Å². The van der Waals surface area contributed by atoms with Crippen molar-refractivity contribution in [2.24, 2.45) is 0 Å². The molecule has 0 saturated heterocycles. The van der Waals surface area contributed by atoms with Crippen molar-refractivity contribution in [3.05, 3.63) is 54.5 Å². The van der Waals surface area contributed by atoms with Gasteiger partial charge in [-0.1, -0.05) is 6.07 Å². The molecule has 0 fully saturated rings. The predicted molar refractivity (Wildman–Crippen MR) is 94.3 cm³/mol. The first-order valence-corrected chi connectivity index (χ1v) is 7.73. The van der Waals surface area contributed by atoms with Crippen LogP contribution >= 0.6 is 0 Å². The zero-order chi connectivity index (χ0) is 17.1. The second-order valence-electron chi connectivity index (χ2n) is 5.94. The summed E-state index contributed by atoms with van der Waals surface area (Å²) in [4.78, 5) is 18.3. The molecule has 0 aliphatic carbocycles. The molecular formula is C18H20N4O2. The maximum Gasteiger partial charge on any atom is 0.274 e. The van der Waals surface area contributed by atoms with Crippen LogP contribution in [0.4, 0.5) is 5.69 Å².